The number of hydrogen-bond acceptors (Lipinski definition) is 9. The van der Waals surface area contributed by atoms with Gasteiger partial charge in [0.2, 0.25) is 0 Å². The summed E-state index contributed by atoms with van der Waals surface area (Å²) < 4.78 is 18.1. The van der Waals surface area contributed by atoms with Gasteiger partial charge in [-0.05, 0) is 63.2 Å². The summed E-state index contributed by atoms with van der Waals surface area (Å²) >= 11 is 0. The molecule has 3 atom stereocenters. The van der Waals surface area contributed by atoms with Crippen LogP contribution in [0.25, 0.3) is 10.9 Å². The third kappa shape index (κ3) is 8.45. The Balaban J connectivity index is 1.38. The summed E-state index contributed by atoms with van der Waals surface area (Å²) in [7, 11) is -2.17. The van der Waals surface area contributed by atoms with E-state index in [1.54, 1.807) is 18.5 Å². The minimum atomic E-state index is -2.17. The third-order valence-corrected chi connectivity index (χ3v) is 14.0. The molecule has 2 N–H and O–H groups in total. The second-order valence-corrected chi connectivity index (χ2v) is 20.3. The topological polar surface area (TPSA) is 118 Å². The zero-order valence-electron chi connectivity index (χ0n) is 29.9. The number of morpholine rings is 1. The Labute approximate surface area is 285 Å². The predicted octanol–water partition coefficient (Wildman–Crippen LogP) is 6.46. The summed E-state index contributed by atoms with van der Waals surface area (Å²) in [4.78, 5) is 40.3. The molecule has 2 aliphatic heterocycles. The zero-order valence-corrected chi connectivity index (χ0v) is 30.9. The predicted molar refractivity (Wildman–Crippen MR) is 194 cm³/mol. The molecule has 48 heavy (non-hydrogen) atoms. The van der Waals surface area contributed by atoms with Gasteiger partial charge in [0.1, 0.15) is 11.3 Å². The fourth-order valence-corrected chi connectivity index (χ4v) is 7.39. The number of benzene rings is 1. The molecule has 12 heteroatoms. The van der Waals surface area contributed by atoms with Crippen molar-refractivity contribution >= 4 is 48.3 Å². The number of ether oxygens (including phenoxy) is 2. The van der Waals surface area contributed by atoms with E-state index in [2.05, 4.69) is 72.3 Å². The van der Waals surface area contributed by atoms with Gasteiger partial charge in [0, 0.05) is 49.4 Å². The number of rotatable bonds is 7. The van der Waals surface area contributed by atoms with Crippen LogP contribution in [0.3, 0.4) is 0 Å². The average Bonchev–Trinajstić information content (AvgIpc) is 3.01. The Morgan fingerprint density at radius 2 is 1.69 bits per heavy atom. The lowest BCUT2D eigenvalue weighted by molar-refractivity contribution is 0.0336. The van der Waals surface area contributed by atoms with E-state index in [0.717, 1.165) is 35.4 Å². The fraction of sp³-hybridized carbons (Fsp3) is 0.556. The molecule has 0 aliphatic carbocycles. The summed E-state index contributed by atoms with van der Waals surface area (Å²) in [6, 6.07) is 11.4. The smallest absolute Gasteiger partial charge is 0.408 e. The van der Waals surface area contributed by atoms with Crippen LogP contribution in [0.5, 0.6) is 0 Å². The lowest BCUT2D eigenvalue weighted by atomic mass is 9.92. The van der Waals surface area contributed by atoms with Crippen molar-refractivity contribution in [2.24, 2.45) is 5.92 Å². The highest BCUT2D eigenvalue weighted by Crippen LogP contribution is 2.40. The normalized spacial score (nSPS) is 20.8. The van der Waals surface area contributed by atoms with Gasteiger partial charge in [-0.3, -0.25) is 9.78 Å². The lowest BCUT2D eigenvalue weighted by Crippen LogP contribution is -2.63. The Bertz CT molecular complexity index is 1610. The Hall–Kier alpha value is -3.74. The van der Waals surface area contributed by atoms with Gasteiger partial charge in [-0.15, -0.1) is 0 Å². The van der Waals surface area contributed by atoms with Crippen molar-refractivity contribution in [2.75, 3.05) is 54.5 Å². The Morgan fingerprint density at radius 3 is 2.38 bits per heavy atom. The number of piperidine rings is 1. The second-order valence-electron chi connectivity index (χ2n) is 15.5. The second kappa shape index (κ2) is 14.0. The van der Waals surface area contributed by atoms with E-state index in [4.69, 9.17) is 18.9 Å². The highest BCUT2D eigenvalue weighted by atomic mass is 28.4. The molecule has 3 aromatic rings. The lowest BCUT2D eigenvalue weighted by Gasteiger charge is -2.48. The van der Waals surface area contributed by atoms with Crippen LogP contribution in [0.4, 0.5) is 21.9 Å². The summed E-state index contributed by atoms with van der Waals surface area (Å²) in [5.41, 5.74) is 2.88. The summed E-state index contributed by atoms with van der Waals surface area (Å²) in [5.74, 6) is -0.261. The van der Waals surface area contributed by atoms with E-state index < -0.39 is 20.0 Å². The molecule has 0 unspecified atom stereocenters. The van der Waals surface area contributed by atoms with Crippen molar-refractivity contribution in [2.45, 2.75) is 84.3 Å². The number of hydrogen-bond donors (Lipinski definition) is 2. The molecule has 0 radical (unpaired) electrons. The number of nitrogens with zero attached hydrogens (tertiary/aromatic N) is 4. The highest BCUT2D eigenvalue weighted by Gasteiger charge is 2.45. The first-order valence-electron chi connectivity index (χ1n) is 16.9. The third-order valence-electron chi connectivity index (χ3n) is 9.49. The fourth-order valence-electron chi connectivity index (χ4n) is 5.96. The quantitative estimate of drug-likeness (QED) is 0.272. The molecule has 2 fully saturated rings. The van der Waals surface area contributed by atoms with Crippen molar-refractivity contribution in [3.63, 3.8) is 0 Å². The average molecular weight is 677 g/mol. The zero-order chi connectivity index (χ0) is 34.9. The van der Waals surface area contributed by atoms with Crippen molar-refractivity contribution in [1.82, 2.24) is 15.3 Å². The molecule has 260 valence electrons. The first-order valence-corrected chi connectivity index (χ1v) is 19.8. The molecule has 1 aromatic carbocycles. The molecule has 2 aromatic heterocycles. The molecule has 0 bridgehead atoms. The summed E-state index contributed by atoms with van der Waals surface area (Å²) in [6.07, 6.45) is 2.68. The van der Waals surface area contributed by atoms with Gasteiger partial charge in [-0.1, -0.05) is 39.8 Å². The molecular weight excluding hydrogens is 625 g/mol. The molecule has 11 nitrogen and oxygen atoms in total. The van der Waals surface area contributed by atoms with Crippen LogP contribution in [-0.4, -0.2) is 87.4 Å². The van der Waals surface area contributed by atoms with Gasteiger partial charge in [0.15, 0.2) is 8.32 Å². The van der Waals surface area contributed by atoms with Gasteiger partial charge in [-0.25, -0.2) is 9.78 Å². The van der Waals surface area contributed by atoms with Crippen LogP contribution in [0.2, 0.25) is 18.1 Å². The standard InChI is InChI=1S/C36H52N6O5Si/c1-24-22-42(23-30(40-34(44)46-35(2,3)4)32(24)47-48(8,9)36(5,6)7)31-14-15-37-21-29(31)39-33(43)27-13-11-25-10-12-26(20-28(25)38-27)41-16-18-45-19-17-41/h10-15,20-21,24,30,32H,16-19,22-23H2,1-9H3,(H,39,43)(H,40,44)/t24-,30+,32+/m0/s1. The van der Waals surface area contributed by atoms with Crippen LogP contribution in [0.1, 0.15) is 59.0 Å². The number of carbonyl (C=O) groups excluding carboxylic acids is 2. The number of pyridine rings is 2. The van der Waals surface area contributed by atoms with Crippen LogP contribution in [0.15, 0.2) is 48.8 Å². The maximum Gasteiger partial charge on any atom is 0.408 e. The van der Waals surface area contributed by atoms with Crippen LogP contribution < -0.4 is 20.4 Å². The number of alkyl carbamates (subject to hydrolysis) is 1. The van der Waals surface area contributed by atoms with E-state index in [0.29, 0.717) is 37.7 Å². The first-order chi connectivity index (χ1) is 22.5. The Morgan fingerprint density at radius 1 is 0.979 bits per heavy atom. The largest absolute Gasteiger partial charge is 0.444 e. The molecule has 2 saturated heterocycles. The molecule has 0 spiro atoms. The number of anilines is 3. The van der Waals surface area contributed by atoms with Crippen LogP contribution in [0, 0.1) is 5.92 Å². The maximum atomic E-state index is 13.7. The molecule has 2 aliphatic rings. The molecular formula is C36H52N6O5Si. The van der Waals surface area contributed by atoms with Crippen molar-refractivity contribution < 1.29 is 23.5 Å². The number of nitrogens with one attached hydrogen (secondary N) is 2. The maximum absolute atomic E-state index is 13.7. The van der Waals surface area contributed by atoms with Crippen LogP contribution in [-0.2, 0) is 13.9 Å². The minimum absolute atomic E-state index is 0.00372. The van der Waals surface area contributed by atoms with E-state index in [1.807, 2.05) is 45.0 Å². The van der Waals surface area contributed by atoms with E-state index in [-0.39, 0.29) is 29.0 Å². The molecule has 2 amide bonds. The van der Waals surface area contributed by atoms with Crippen molar-refractivity contribution in [3.05, 3.63) is 54.5 Å². The van der Waals surface area contributed by atoms with E-state index >= 15 is 0 Å². The van der Waals surface area contributed by atoms with Crippen LogP contribution >= 0.6 is 0 Å². The van der Waals surface area contributed by atoms with Gasteiger partial charge in [0.25, 0.3) is 5.91 Å². The van der Waals surface area contributed by atoms with Gasteiger partial charge in [-0.2, -0.15) is 0 Å². The number of aromatic nitrogens is 2. The molecule has 4 heterocycles. The van der Waals surface area contributed by atoms with Gasteiger partial charge in [0.05, 0.1) is 48.4 Å². The highest BCUT2D eigenvalue weighted by molar-refractivity contribution is 6.74. The first kappa shape index (κ1) is 35.6. The van der Waals surface area contributed by atoms with Crippen molar-refractivity contribution in [3.8, 4) is 0 Å². The molecule has 5 rings (SSSR count). The summed E-state index contributed by atoms with van der Waals surface area (Å²) in [5, 5.41) is 7.17. The number of amides is 2. The number of carbonyl (C=O) groups is 2. The van der Waals surface area contributed by atoms with Gasteiger partial charge < -0.3 is 34.3 Å². The van der Waals surface area contributed by atoms with E-state index in [9.17, 15) is 9.59 Å². The molecule has 0 saturated carbocycles. The van der Waals surface area contributed by atoms with Crippen molar-refractivity contribution in [1.29, 1.82) is 0 Å². The number of fused-ring (bicyclic) bond motifs is 1. The van der Waals surface area contributed by atoms with Gasteiger partial charge >= 0.3 is 6.09 Å². The minimum Gasteiger partial charge on any atom is -0.444 e. The van der Waals surface area contributed by atoms with E-state index in [1.165, 1.54) is 0 Å². The summed E-state index contributed by atoms with van der Waals surface area (Å²) in [6.45, 7) is 23.0. The monoisotopic (exact) mass is 676 g/mol. The Kier molecular flexibility index (Phi) is 10.4. The SMILES string of the molecule is C[C@H]1CN(c2ccncc2NC(=O)c2ccc3ccc(N4CCOCC4)cc3n2)C[C@@H](NC(=O)OC(C)(C)C)[C@@H]1O[Si](C)(C)C(C)(C)C.